The Morgan fingerprint density at radius 1 is 1.19 bits per heavy atom. The molecule has 2 aromatic rings. The Bertz CT molecular complexity index is 728. The molecule has 0 saturated heterocycles. The van der Waals surface area contributed by atoms with Crippen LogP contribution in [0.25, 0.3) is 10.6 Å². The number of rotatable bonds is 9. The van der Waals surface area contributed by atoms with Gasteiger partial charge in [-0.2, -0.15) is 0 Å². The summed E-state index contributed by atoms with van der Waals surface area (Å²) < 4.78 is 10.8. The van der Waals surface area contributed by atoms with Crippen LogP contribution in [0.5, 0.6) is 11.5 Å². The summed E-state index contributed by atoms with van der Waals surface area (Å²) >= 11 is 1.42. The molecule has 5 nitrogen and oxygen atoms in total. The number of benzene rings is 1. The summed E-state index contributed by atoms with van der Waals surface area (Å²) in [7, 11) is 3.20. The normalized spacial score (nSPS) is 12.1. The van der Waals surface area contributed by atoms with E-state index in [9.17, 15) is 4.79 Å². The molecule has 0 radical (unpaired) electrons. The van der Waals surface area contributed by atoms with Gasteiger partial charge in [0.15, 0.2) is 11.5 Å². The Labute approximate surface area is 159 Å². The van der Waals surface area contributed by atoms with E-state index in [0.717, 1.165) is 23.4 Å². The number of amides is 1. The van der Waals surface area contributed by atoms with Crippen molar-refractivity contribution in [3.63, 3.8) is 0 Å². The van der Waals surface area contributed by atoms with Gasteiger partial charge in [-0.1, -0.05) is 32.8 Å². The van der Waals surface area contributed by atoms with E-state index in [1.807, 2.05) is 25.1 Å². The summed E-state index contributed by atoms with van der Waals surface area (Å²) in [5, 5.41) is 5.55. The van der Waals surface area contributed by atoms with Crippen LogP contribution in [0.4, 0.5) is 0 Å². The van der Waals surface area contributed by atoms with Crippen molar-refractivity contribution < 1.29 is 14.3 Å². The number of para-hydroxylation sites is 1. The zero-order chi connectivity index (χ0) is 19.1. The number of nitrogens with one attached hydrogen (secondary N) is 1. The molecule has 0 bridgehead atoms. The van der Waals surface area contributed by atoms with Crippen LogP contribution in [0.2, 0.25) is 0 Å². The second-order valence-electron chi connectivity index (χ2n) is 6.78. The SMILES string of the molecule is COc1cccc(-c2nc(C(=O)NC(C)CCCC(C)C)cs2)c1OC. The maximum Gasteiger partial charge on any atom is 0.270 e. The molecule has 1 N–H and O–H groups in total. The number of thiazole rings is 1. The molecule has 1 aromatic carbocycles. The van der Waals surface area contributed by atoms with Crippen LogP contribution in [-0.4, -0.2) is 31.2 Å². The number of carbonyl (C=O) groups excluding carboxylic acids is 1. The maximum absolute atomic E-state index is 12.5. The second-order valence-corrected chi connectivity index (χ2v) is 7.64. The zero-order valence-corrected chi connectivity index (χ0v) is 17.0. The molecule has 142 valence electrons. The van der Waals surface area contributed by atoms with Gasteiger partial charge in [0.1, 0.15) is 10.7 Å². The van der Waals surface area contributed by atoms with Gasteiger partial charge in [0.05, 0.1) is 19.8 Å². The third-order valence-corrected chi connectivity index (χ3v) is 5.04. The van der Waals surface area contributed by atoms with Crippen molar-refractivity contribution in [2.75, 3.05) is 14.2 Å². The molecule has 2 rings (SSSR count). The molecule has 0 spiro atoms. The number of aromatic nitrogens is 1. The van der Waals surface area contributed by atoms with Crippen molar-refractivity contribution >= 4 is 17.2 Å². The number of hydrogen-bond donors (Lipinski definition) is 1. The van der Waals surface area contributed by atoms with E-state index in [1.165, 1.54) is 17.8 Å². The summed E-state index contributed by atoms with van der Waals surface area (Å²) in [4.78, 5) is 16.9. The molecule has 0 aliphatic carbocycles. The van der Waals surface area contributed by atoms with E-state index in [4.69, 9.17) is 9.47 Å². The predicted octanol–water partition coefficient (Wildman–Crippen LogP) is 4.77. The molecule has 1 heterocycles. The topological polar surface area (TPSA) is 60.5 Å². The minimum Gasteiger partial charge on any atom is -0.493 e. The van der Waals surface area contributed by atoms with Gasteiger partial charge in [-0.05, 0) is 31.4 Å². The van der Waals surface area contributed by atoms with Gasteiger partial charge >= 0.3 is 0 Å². The Balaban J connectivity index is 2.07. The lowest BCUT2D eigenvalue weighted by Gasteiger charge is -2.13. The fourth-order valence-electron chi connectivity index (χ4n) is 2.76. The summed E-state index contributed by atoms with van der Waals surface area (Å²) in [5.41, 5.74) is 1.26. The van der Waals surface area contributed by atoms with Gasteiger partial charge in [-0.25, -0.2) is 4.98 Å². The number of hydrogen-bond acceptors (Lipinski definition) is 5. The highest BCUT2D eigenvalue weighted by molar-refractivity contribution is 7.13. The number of carbonyl (C=O) groups is 1. The number of methoxy groups -OCH3 is 2. The molecule has 6 heteroatoms. The lowest BCUT2D eigenvalue weighted by molar-refractivity contribution is 0.0933. The van der Waals surface area contributed by atoms with Crippen LogP contribution in [0.3, 0.4) is 0 Å². The largest absolute Gasteiger partial charge is 0.493 e. The van der Waals surface area contributed by atoms with Gasteiger partial charge in [0.25, 0.3) is 5.91 Å². The Kier molecular flexibility index (Phi) is 7.45. The van der Waals surface area contributed by atoms with Gasteiger partial charge in [0.2, 0.25) is 0 Å². The standard InChI is InChI=1S/C20H28N2O3S/c1-13(2)8-6-9-14(3)21-19(23)16-12-26-20(22-16)15-10-7-11-17(24-4)18(15)25-5/h7,10-14H,6,8-9H2,1-5H3,(H,21,23). The fraction of sp³-hybridized carbons (Fsp3) is 0.500. The summed E-state index contributed by atoms with van der Waals surface area (Å²) in [6.07, 6.45) is 3.27. The molecule has 0 aliphatic rings. The van der Waals surface area contributed by atoms with Crippen molar-refractivity contribution in [3.05, 3.63) is 29.3 Å². The Morgan fingerprint density at radius 3 is 2.62 bits per heavy atom. The third-order valence-electron chi connectivity index (χ3n) is 4.17. The highest BCUT2D eigenvalue weighted by atomic mass is 32.1. The molecule has 1 unspecified atom stereocenters. The van der Waals surface area contributed by atoms with Crippen molar-refractivity contribution in [1.82, 2.24) is 10.3 Å². The van der Waals surface area contributed by atoms with Crippen LogP contribution in [0, 0.1) is 5.92 Å². The lowest BCUT2D eigenvalue weighted by Crippen LogP contribution is -2.32. The Morgan fingerprint density at radius 2 is 1.96 bits per heavy atom. The van der Waals surface area contributed by atoms with Crippen LogP contribution in [0.1, 0.15) is 50.5 Å². The maximum atomic E-state index is 12.5. The first-order chi connectivity index (χ1) is 12.5. The van der Waals surface area contributed by atoms with Gasteiger partial charge in [-0.15, -0.1) is 11.3 Å². The van der Waals surface area contributed by atoms with Crippen molar-refractivity contribution in [2.45, 2.75) is 46.1 Å². The summed E-state index contributed by atoms with van der Waals surface area (Å²) in [6.45, 7) is 6.47. The second kappa shape index (κ2) is 9.57. The van der Waals surface area contributed by atoms with Crippen molar-refractivity contribution in [1.29, 1.82) is 0 Å². The van der Waals surface area contributed by atoms with Crippen molar-refractivity contribution in [2.24, 2.45) is 5.92 Å². The summed E-state index contributed by atoms with van der Waals surface area (Å²) in [5.74, 6) is 1.83. The van der Waals surface area contributed by atoms with Gasteiger partial charge in [-0.3, -0.25) is 4.79 Å². The van der Waals surface area contributed by atoms with Crippen LogP contribution in [0.15, 0.2) is 23.6 Å². The van der Waals surface area contributed by atoms with E-state index in [0.29, 0.717) is 23.1 Å². The third kappa shape index (κ3) is 5.21. The quantitative estimate of drug-likeness (QED) is 0.685. The number of nitrogens with zero attached hydrogens (tertiary/aromatic N) is 1. The molecule has 0 aliphatic heterocycles. The highest BCUT2D eigenvalue weighted by Crippen LogP contribution is 2.38. The highest BCUT2D eigenvalue weighted by Gasteiger charge is 2.18. The first-order valence-corrected chi connectivity index (χ1v) is 9.82. The molecular weight excluding hydrogens is 348 g/mol. The van der Waals surface area contributed by atoms with Gasteiger partial charge in [0, 0.05) is 11.4 Å². The molecule has 1 aromatic heterocycles. The van der Waals surface area contributed by atoms with Crippen LogP contribution in [-0.2, 0) is 0 Å². The molecular formula is C20H28N2O3S. The summed E-state index contributed by atoms with van der Waals surface area (Å²) in [6, 6.07) is 5.77. The molecule has 1 atom stereocenters. The zero-order valence-electron chi connectivity index (χ0n) is 16.2. The van der Waals surface area contributed by atoms with Crippen molar-refractivity contribution in [3.8, 4) is 22.1 Å². The lowest BCUT2D eigenvalue weighted by atomic mass is 10.0. The molecule has 0 fully saturated rings. The number of ether oxygens (including phenoxy) is 2. The van der Waals surface area contributed by atoms with Crippen LogP contribution >= 0.6 is 11.3 Å². The monoisotopic (exact) mass is 376 g/mol. The first-order valence-electron chi connectivity index (χ1n) is 8.94. The van der Waals surface area contributed by atoms with E-state index in [1.54, 1.807) is 19.6 Å². The van der Waals surface area contributed by atoms with Gasteiger partial charge < -0.3 is 14.8 Å². The van der Waals surface area contributed by atoms with E-state index < -0.39 is 0 Å². The molecule has 26 heavy (non-hydrogen) atoms. The van der Waals surface area contributed by atoms with E-state index >= 15 is 0 Å². The average molecular weight is 377 g/mol. The van der Waals surface area contributed by atoms with E-state index in [2.05, 4.69) is 24.1 Å². The minimum absolute atomic E-state index is 0.133. The fourth-order valence-corrected chi connectivity index (χ4v) is 3.58. The average Bonchev–Trinajstić information content (AvgIpc) is 3.10. The smallest absolute Gasteiger partial charge is 0.270 e. The minimum atomic E-state index is -0.133. The predicted molar refractivity (Wildman–Crippen MR) is 106 cm³/mol. The molecule has 1 amide bonds. The van der Waals surface area contributed by atoms with E-state index in [-0.39, 0.29) is 11.9 Å². The van der Waals surface area contributed by atoms with Crippen LogP contribution < -0.4 is 14.8 Å². The first kappa shape index (κ1) is 20.2. The Hall–Kier alpha value is -2.08. The molecule has 0 saturated carbocycles.